The number of carboxylic acid groups (broad SMARTS) is 1. The van der Waals surface area contributed by atoms with Crippen molar-refractivity contribution in [1.82, 2.24) is 5.32 Å². The highest BCUT2D eigenvalue weighted by Gasteiger charge is 2.64. The van der Waals surface area contributed by atoms with E-state index in [9.17, 15) is 15.0 Å². The minimum Gasteiger partial charge on any atom is -0.488 e. The predicted octanol–water partition coefficient (Wildman–Crippen LogP) is 3.33. The van der Waals surface area contributed by atoms with Gasteiger partial charge in [0, 0.05) is 23.6 Å². The number of hydrogen-bond donors (Lipinski definition) is 3. The summed E-state index contributed by atoms with van der Waals surface area (Å²) in [5.74, 6) is 0.891. The van der Waals surface area contributed by atoms with E-state index >= 15 is 0 Å². The van der Waals surface area contributed by atoms with Crippen molar-refractivity contribution in [2.75, 3.05) is 19.9 Å². The first-order chi connectivity index (χ1) is 16.6. The Hall–Kier alpha value is -2.81. The Morgan fingerprint density at radius 1 is 1.23 bits per heavy atom. The lowest BCUT2D eigenvalue weighted by molar-refractivity contribution is -0.139. The molecular formula is C27H33NO7. The molecule has 1 fully saturated rings. The van der Waals surface area contributed by atoms with E-state index in [1.54, 1.807) is 0 Å². The molecule has 8 heteroatoms. The lowest BCUT2D eigenvalue weighted by Gasteiger charge is -2.28. The van der Waals surface area contributed by atoms with Crippen LogP contribution >= 0.6 is 0 Å². The van der Waals surface area contributed by atoms with Crippen LogP contribution in [-0.4, -0.2) is 53.9 Å². The maximum absolute atomic E-state index is 11.5. The van der Waals surface area contributed by atoms with Gasteiger partial charge in [-0.05, 0) is 62.9 Å². The zero-order valence-corrected chi connectivity index (χ0v) is 20.5. The Labute approximate surface area is 205 Å². The number of carbonyl (C=O) groups is 1. The van der Waals surface area contributed by atoms with Crippen LogP contribution in [0.5, 0.6) is 17.2 Å². The summed E-state index contributed by atoms with van der Waals surface area (Å²) in [6, 6.07) is 9.91. The monoisotopic (exact) mass is 483 g/mol. The molecule has 35 heavy (non-hydrogen) atoms. The summed E-state index contributed by atoms with van der Waals surface area (Å²) in [4.78, 5) is 11.5. The van der Waals surface area contributed by atoms with Crippen LogP contribution in [0.3, 0.4) is 0 Å². The molecule has 0 radical (unpaired) electrons. The van der Waals surface area contributed by atoms with E-state index in [1.165, 1.54) is 0 Å². The lowest BCUT2D eigenvalue weighted by atomic mass is 9.94. The Morgan fingerprint density at radius 2 is 2.00 bits per heavy atom. The van der Waals surface area contributed by atoms with Gasteiger partial charge in [0.1, 0.15) is 17.8 Å². The Balaban J connectivity index is 1.15. The van der Waals surface area contributed by atoms with E-state index in [4.69, 9.17) is 18.9 Å². The van der Waals surface area contributed by atoms with Crippen LogP contribution in [0.25, 0.3) is 0 Å². The van der Waals surface area contributed by atoms with Gasteiger partial charge in [0.15, 0.2) is 11.5 Å². The summed E-state index contributed by atoms with van der Waals surface area (Å²) in [5, 5.41) is 23.5. The second-order valence-electron chi connectivity index (χ2n) is 10.4. The maximum Gasteiger partial charge on any atom is 0.311 e. The third-order valence-corrected chi connectivity index (χ3v) is 7.13. The van der Waals surface area contributed by atoms with Crippen LogP contribution in [0.4, 0.5) is 0 Å². The molecule has 0 bridgehead atoms. The standard InChI is InChI=1S/C27H33NO7/c1-14-5-7-18(21-22-23(26(30)31)25(22)35-24(14)21)15(2)32-12-17(29)11-28-27(3,4)10-16-6-8-19-20(9-16)34-13-33-19/h5-9,15,17,22-23,25,28-29H,10-13H2,1-4H3,(H,30,31)/t15-,17?,22+,23+,25+/m1/s1. The van der Waals surface area contributed by atoms with Crippen molar-refractivity contribution < 1.29 is 34.0 Å². The van der Waals surface area contributed by atoms with Gasteiger partial charge in [-0.15, -0.1) is 0 Å². The van der Waals surface area contributed by atoms with E-state index in [0.717, 1.165) is 45.9 Å². The first-order valence-electron chi connectivity index (χ1n) is 12.1. The van der Waals surface area contributed by atoms with Crippen molar-refractivity contribution in [3.8, 4) is 17.2 Å². The number of carboxylic acids is 1. The molecule has 5 rings (SSSR count). The fourth-order valence-corrected chi connectivity index (χ4v) is 5.20. The van der Waals surface area contributed by atoms with Crippen molar-refractivity contribution in [2.24, 2.45) is 5.92 Å². The predicted molar refractivity (Wildman–Crippen MR) is 128 cm³/mol. The van der Waals surface area contributed by atoms with Gasteiger partial charge in [0.2, 0.25) is 6.79 Å². The molecule has 5 atom stereocenters. The van der Waals surface area contributed by atoms with Gasteiger partial charge < -0.3 is 34.5 Å². The quantitative estimate of drug-likeness (QED) is 0.473. The molecule has 2 aromatic rings. The molecule has 1 saturated carbocycles. The zero-order valence-electron chi connectivity index (χ0n) is 20.5. The van der Waals surface area contributed by atoms with Crippen LogP contribution in [0, 0.1) is 12.8 Å². The average Bonchev–Trinajstić information content (AvgIpc) is 3.12. The number of aliphatic carboxylic acids is 1. The fraction of sp³-hybridized carbons (Fsp3) is 0.519. The number of aliphatic hydroxyl groups excluding tert-OH is 1. The summed E-state index contributed by atoms with van der Waals surface area (Å²) in [6.45, 7) is 8.88. The summed E-state index contributed by atoms with van der Waals surface area (Å²) in [5.41, 5.74) is 3.76. The molecule has 2 heterocycles. The molecule has 0 aromatic heterocycles. The largest absolute Gasteiger partial charge is 0.488 e. The lowest BCUT2D eigenvalue weighted by Crippen LogP contribution is -2.46. The molecule has 2 aromatic carbocycles. The number of β-amino-alcohol motifs (C(OH)–C–C–N with tert-alkyl or cyclic N) is 1. The molecule has 188 valence electrons. The summed E-state index contributed by atoms with van der Waals surface area (Å²) >= 11 is 0. The van der Waals surface area contributed by atoms with E-state index in [-0.39, 0.29) is 37.1 Å². The molecule has 3 N–H and O–H groups in total. The second kappa shape index (κ2) is 9.00. The minimum absolute atomic E-state index is 0.119. The van der Waals surface area contributed by atoms with Crippen LogP contribution in [-0.2, 0) is 16.0 Å². The molecule has 0 saturated heterocycles. The Morgan fingerprint density at radius 3 is 2.77 bits per heavy atom. The number of hydrogen-bond acceptors (Lipinski definition) is 7. The fourth-order valence-electron chi connectivity index (χ4n) is 5.20. The van der Waals surface area contributed by atoms with E-state index in [0.29, 0.717) is 6.54 Å². The molecule has 1 aliphatic carbocycles. The van der Waals surface area contributed by atoms with Gasteiger partial charge >= 0.3 is 5.97 Å². The van der Waals surface area contributed by atoms with Crippen molar-refractivity contribution in [3.05, 3.63) is 52.6 Å². The third kappa shape index (κ3) is 4.70. The molecule has 0 spiro atoms. The van der Waals surface area contributed by atoms with Crippen LogP contribution in [0.15, 0.2) is 30.3 Å². The van der Waals surface area contributed by atoms with Crippen LogP contribution in [0.1, 0.15) is 55.0 Å². The first-order valence-corrected chi connectivity index (χ1v) is 12.1. The number of aliphatic hydroxyl groups is 1. The van der Waals surface area contributed by atoms with Gasteiger partial charge in [0.25, 0.3) is 0 Å². The summed E-state index contributed by atoms with van der Waals surface area (Å²) < 4.78 is 22.8. The molecular weight excluding hydrogens is 450 g/mol. The highest BCUT2D eigenvalue weighted by Crippen LogP contribution is 2.61. The van der Waals surface area contributed by atoms with E-state index in [2.05, 4.69) is 19.2 Å². The van der Waals surface area contributed by atoms with Crippen molar-refractivity contribution in [3.63, 3.8) is 0 Å². The topological polar surface area (TPSA) is 106 Å². The number of ether oxygens (including phenoxy) is 4. The van der Waals surface area contributed by atoms with Gasteiger partial charge in [-0.3, -0.25) is 4.79 Å². The average molecular weight is 484 g/mol. The maximum atomic E-state index is 11.5. The van der Waals surface area contributed by atoms with Crippen molar-refractivity contribution in [1.29, 1.82) is 0 Å². The summed E-state index contributed by atoms with van der Waals surface area (Å²) in [7, 11) is 0. The number of aryl methyl sites for hydroxylation is 1. The number of benzene rings is 2. The molecule has 1 unspecified atom stereocenters. The Bertz CT molecular complexity index is 1130. The normalized spacial score (nSPS) is 23.3. The minimum atomic E-state index is -0.823. The first kappa shape index (κ1) is 23.9. The van der Waals surface area contributed by atoms with Gasteiger partial charge in [-0.2, -0.15) is 0 Å². The highest BCUT2D eigenvalue weighted by atomic mass is 16.7. The number of nitrogens with one attached hydrogen (secondary N) is 1. The molecule has 0 amide bonds. The van der Waals surface area contributed by atoms with E-state index in [1.807, 2.05) is 44.2 Å². The van der Waals surface area contributed by atoms with Crippen LogP contribution in [0.2, 0.25) is 0 Å². The van der Waals surface area contributed by atoms with Crippen molar-refractivity contribution >= 4 is 5.97 Å². The van der Waals surface area contributed by atoms with Gasteiger partial charge in [-0.25, -0.2) is 0 Å². The van der Waals surface area contributed by atoms with Crippen LogP contribution < -0.4 is 19.5 Å². The Kier molecular flexibility index (Phi) is 6.15. The summed E-state index contributed by atoms with van der Waals surface area (Å²) in [6.07, 6.45) is -0.505. The third-order valence-electron chi connectivity index (χ3n) is 7.13. The second-order valence-corrected chi connectivity index (χ2v) is 10.4. The molecule has 3 aliphatic rings. The molecule has 2 aliphatic heterocycles. The van der Waals surface area contributed by atoms with Crippen molar-refractivity contribution in [2.45, 2.75) is 63.9 Å². The van der Waals surface area contributed by atoms with Gasteiger partial charge in [-0.1, -0.05) is 18.2 Å². The number of fused-ring (bicyclic) bond motifs is 4. The smallest absolute Gasteiger partial charge is 0.311 e. The number of rotatable bonds is 10. The SMILES string of the molecule is Cc1ccc([C@@H](C)OCC(O)CNC(C)(C)Cc2ccc3c(c2)OCO3)c2c1O[C@@H]1[C@@H](C(=O)O)[C@H]21. The van der Waals surface area contributed by atoms with Gasteiger partial charge in [0.05, 0.1) is 18.8 Å². The van der Waals surface area contributed by atoms with E-state index < -0.39 is 18.0 Å². The zero-order chi connectivity index (χ0) is 24.9. The highest BCUT2D eigenvalue weighted by molar-refractivity contribution is 5.79. The molecule has 8 nitrogen and oxygen atoms in total.